The number of alkyl halides is 3. The number of nitrogens with zero attached hydrogens (tertiary/aromatic N) is 1. The zero-order valence-corrected chi connectivity index (χ0v) is 19.1. The summed E-state index contributed by atoms with van der Waals surface area (Å²) in [5.41, 5.74) is -0.623. The van der Waals surface area contributed by atoms with Gasteiger partial charge in [0, 0.05) is 12.1 Å². The number of hydrogen-bond donors (Lipinski definition) is 1. The van der Waals surface area contributed by atoms with Crippen LogP contribution < -0.4 is 14.4 Å². The van der Waals surface area contributed by atoms with Gasteiger partial charge in [-0.15, -0.1) is 0 Å². The van der Waals surface area contributed by atoms with Crippen LogP contribution in [0.1, 0.15) is 18.1 Å². The van der Waals surface area contributed by atoms with E-state index >= 15 is 0 Å². The molecule has 34 heavy (non-hydrogen) atoms. The molecule has 0 aliphatic carbocycles. The number of anilines is 1. The second-order valence-electron chi connectivity index (χ2n) is 7.19. The largest absolute Gasteiger partial charge is 0.494 e. The molecule has 0 radical (unpaired) electrons. The third-order valence-electron chi connectivity index (χ3n) is 4.83. The van der Waals surface area contributed by atoms with Gasteiger partial charge in [0.15, 0.2) is 0 Å². The fourth-order valence-electron chi connectivity index (χ4n) is 3.20. The van der Waals surface area contributed by atoms with E-state index in [9.17, 15) is 26.4 Å². The van der Waals surface area contributed by atoms with Crippen LogP contribution in [0.4, 0.5) is 18.9 Å². The second kappa shape index (κ2) is 10.6. The molecule has 0 saturated carbocycles. The quantitative estimate of drug-likeness (QED) is 0.473. The van der Waals surface area contributed by atoms with Gasteiger partial charge in [-0.25, -0.2) is 8.42 Å². The summed E-state index contributed by atoms with van der Waals surface area (Å²) in [7, 11) is -4.33. The van der Waals surface area contributed by atoms with Crippen molar-refractivity contribution in [2.24, 2.45) is 0 Å². The molecule has 0 atom stereocenters. The summed E-state index contributed by atoms with van der Waals surface area (Å²) >= 11 is 0. The number of sulfonamides is 1. The minimum atomic E-state index is -4.68. The van der Waals surface area contributed by atoms with Crippen molar-refractivity contribution in [3.8, 4) is 5.75 Å². The van der Waals surface area contributed by atoms with Gasteiger partial charge in [0.25, 0.3) is 10.0 Å². The lowest BCUT2D eigenvalue weighted by molar-refractivity contribution is -0.137. The Bertz CT molecular complexity index is 1230. The predicted octanol–water partition coefficient (Wildman–Crippen LogP) is 4.62. The maximum Gasteiger partial charge on any atom is 0.416 e. The first-order valence-electron chi connectivity index (χ1n) is 10.4. The van der Waals surface area contributed by atoms with E-state index in [2.05, 4.69) is 5.32 Å². The molecule has 3 aromatic carbocycles. The number of rotatable bonds is 9. The van der Waals surface area contributed by atoms with Crippen LogP contribution >= 0.6 is 0 Å². The molecule has 0 aliphatic heterocycles. The highest BCUT2D eigenvalue weighted by Gasteiger charge is 2.33. The number of hydrogen-bond acceptors (Lipinski definition) is 4. The van der Waals surface area contributed by atoms with Gasteiger partial charge in [-0.05, 0) is 43.3 Å². The minimum Gasteiger partial charge on any atom is -0.494 e. The Labute approximate surface area is 196 Å². The van der Waals surface area contributed by atoms with Crippen molar-refractivity contribution >= 4 is 21.6 Å². The first-order valence-corrected chi connectivity index (χ1v) is 11.8. The number of ether oxygens (including phenoxy) is 1. The molecule has 0 saturated heterocycles. The number of amides is 1. The Balaban J connectivity index is 1.90. The summed E-state index contributed by atoms with van der Waals surface area (Å²) in [6, 6.07) is 18.1. The van der Waals surface area contributed by atoms with Crippen molar-refractivity contribution in [1.29, 1.82) is 0 Å². The molecule has 0 aliphatic rings. The van der Waals surface area contributed by atoms with Crippen molar-refractivity contribution in [1.82, 2.24) is 5.32 Å². The average molecular weight is 493 g/mol. The Morgan fingerprint density at radius 2 is 1.65 bits per heavy atom. The van der Waals surface area contributed by atoms with E-state index in [1.54, 1.807) is 30.3 Å². The van der Waals surface area contributed by atoms with Crippen molar-refractivity contribution < 1.29 is 31.1 Å². The Hall–Kier alpha value is -3.53. The molecule has 3 rings (SSSR count). The summed E-state index contributed by atoms with van der Waals surface area (Å²) in [4.78, 5) is 12.6. The number of para-hydroxylation sites is 1. The summed E-state index contributed by atoms with van der Waals surface area (Å²) in [6.07, 6.45) is -4.68. The van der Waals surface area contributed by atoms with E-state index in [1.807, 2.05) is 6.92 Å². The van der Waals surface area contributed by atoms with E-state index in [0.29, 0.717) is 28.3 Å². The van der Waals surface area contributed by atoms with Gasteiger partial charge in [0.2, 0.25) is 5.91 Å². The van der Waals surface area contributed by atoms with Gasteiger partial charge >= 0.3 is 6.18 Å². The summed E-state index contributed by atoms with van der Waals surface area (Å²) in [5.74, 6) is -0.125. The molecule has 0 unspecified atom stereocenters. The monoisotopic (exact) mass is 492 g/mol. The van der Waals surface area contributed by atoms with Crippen LogP contribution in [0.15, 0.2) is 83.8 Å². The lowest BCUT2D eigenvalue weighted by Gasteiger charge is -2.25. The van der Waals surface area contributed by atoms with E-state index in [0.717, 1.165) is 12.1 Å². The fourth-order valence-corrected chi connectivity index (χ4v) is 4.63. The van der Waals surface area contributed by atoms with E-state index in [4.69, 9.17) is 4.74 Å². The van der Waals surface area contributed by atoms with Gasteiger partial charge in [-0.1, -0.05) is 42.5 Å². The average Bonchev–Trinajstić information content (AvgIpc) is 2.82. The third kappa shape index (κ3) is 6.07. The van der Waals surface area contributed by atoms with Crippen LogP contribution in [0.5, 0.6) is 5.75 Å². The molecule has 0 bridgehead atoms. The van der Waals surface area contributed by atoms with Crippen LogP contribution in [0.2, 0.25) is 0 Å². The molecule has 10 heteroatoms. The minimum absolute atomic E-state index is 0.0524. The SMILES string of the molecule is CCOc1ccccc1CNC(=O)CN(c1cccc(C(F)(F)F)c1)S(=O)(=O)c1ccccc1. The van der Waals surface area contributed by atoms with Crippen LogP contribution in [0.3, 0.4) is 0 Å². The highest BCUT2D eigenvalue weighted by molar-refractivity contribution is 7.92. The number of carbonyl (C=O) groups excluding carboxylic acids is 1. The Morgan fingerprint density at radius 3 is 2.32 bits per heavy atom. The Morgan fingerprint density at radius 1 is 0.971 bits per heavy atom. The van der Waals surface area contributed by atoms with Gasteiger partial charge in [-0.2, -0.15) is 13.2 Å². The highest BCUT2D eigenvalue weighted by Crippen LogP contribution is 2.33. The van der Waals surface area contributed by atoms with Gasteiger partial charge < -0.3 is 10.1 Å². The Kier molecular flexibility index (Phi) is 7.83. The standard InChI is InChI=1S/C24H23F3N2O4S/c1-2-33-22-14-7-6-9-18(22)16-28-23(30)17-29(34(31,32)21-12-4-3-5-13-21)20-11-8-10-19(15-20)24(25,26)27/h3-15H,2,16-17H2,1H3,(H,28,30). The van der Waals surface area contributed by atoms with E-state index in [-0.39, 0.29) is 17.1 Å². The topological polar surface area (TPSA) is 75.7 Å². The van der Waals surface area contributed by atoms with Crippen molar-refractivity contribution in [2.75, 3.05) is 17.5 Å². The number of nitrogens with one attached hydrogen (secondary N) is 1. The van der Waals surface area contributed by atoms with Gasteiger partial charge in [0.05, 0.1) is 22.8 Å². The lowest BCUT2D eigenvalue weighted by atomic mass is 10.2. The zero-order valence-electron chi connectivity index (χ0n) is 18.2. The maximum absolute atomic E-state index is 13.3. The predicted molar refractivity (Wildman–Crippen MR) is 122 cm³/mol. The van der Waals surface area contributed by atoms with Crippen molar-refractivity contribution in [3.05, 3.63) is 90.0 Å². The molecule has 0 heterocycles. The van der Waals surface area contributed by atoms with E-state index in [1.165, 1.54) is 30.3 Å². The van der Waals surface area contributed by atoms with E-state index < -0.39 is 34.2 Å². The molecule has 3 aromatic rings. The zero-order chi connectivity index (χ0) is 24.8. The normalized spacial score (nSPS) is 11.6. The molecule has 0 aromatic heterocycles. The third-order valence-corrected chi connectivity index (χ3v) is 6.62. The summed E-state index contributed by atoms with van der Waals surface area (Å²) < 4.78 is 72.5. The molecule has 1 amide bonds. The molecule has 6 nitrogen and oxygen atoms in total. The smallest absolute Gasteiger partial charge is 0.416 e. The second-order valence-corrected chi connectivity index (χ2v) is 9.05. The molecular weight excluding hydrogens is 469 g/mol. The highest BCUT2D eigenvalue weighted by atomic mass is 32.2. The summed E-state index contributed by atoms with van der Waals surface area (Å²) in [5, 5.41) is 2.62. The number of carbonyl (C=O) groups is 1. The molecule has 0 spiro atoms. The van der Waals surface area contributed by atoms with Crippen molar-refractivity contribution in [2.45, 2.75) is 24.5 Å². The first kappa shape index (κ1) is 25.1. The maximum atomic E-state index is 13.3. The van der Waals surface area contributed by atoms with Crippen LogP contribution in [-0.2, 0) is 27.5 Å². The summed E-state index contributed by atoms with van der Waals surface area (Å²) in [6.45, 7) is 1.58. The van der Waals surface area contributed by atoms with Gasteiger partial charge in [0.1, 0.15) is 12.3 Å². The fraction of sp³-hybridized carbons (Fsp3) is 0.208. The van der Waals surface area contributed by atoms with Crippen LogP contribution in [0, 0.1) is 0 Å². The lowest BCUT2D eigenvalue weighted by Crippen LogP contribution is -2.40. The van der Waals surface area contributed by atoms with Crippen molar-refractivity contribution in [3.63, 3.8) is 0 Å². The van der Waals surface area contributed by atoms with Crippen LogP contribution in [-0.4, -0.2) is 27.5 Å². The van der Waals surface area contributed by atoms with Crippen LogP contribution in [0.25, 0.3) is 0 Å². The number of benzene rings is 3. The first-order chi connectivity index (χ1) is 16.1. The van der Waals surface area contributed by atoms with Gasteiger partial charge in [-0.3, -0.25) is 9.10 Å². The number of halogens is 3. The molecular formula is C24H23F3N2O4S. The molecule has 1 N–H and O–H groups in total. The molecule has 0 fully saturated rings. The molecule has 180 valence electrons.